The van der Waals surface area contributed by atoms with Crippen molar-refractivity contribution in [2.75, 3.05) is 0 Å². The fraction of sp³-hybridized carbons (Fsp3) is 0.111. The third kappa shape index (κ3) is 1.88. The van der Waals surface area contributed by atoms with Crippen LogP contribution in [0.1, 0.15) is 5.56 Å². The van der Waals surface area contributed by atoms with Gasteiger partial charge in [-0.2, -0.15) is 4.99 Å². The van der Waals surface area contributed by atoms with Gasteiger partial charge in [0.15, 0.2) is 11.1 Å². The van der Waals surface area contributed by atoms with Crippen LogP contribution in [0.3, 0.4) is 0 Å². The van der Waals surface area contributed by atoms with E-state index >= 15 is 0 Å². The second-order valence-corrected chi connectivity index (χ2v) is 3.79. The van der Waals surface area contributed by atoms with Gasteiger partial charge in [0.1, 0.15) is 0 Å². The van der Waals surface area contributed by atoms with Crippen molar-refractivity contribution in [3.05, 3.63) is 29.8 Å². The molecule has 0 saturated heterocycles. The van der Waals surface area contributed by atoms with Crippen LogP contribution in [0.2, 0.25) is 0 Å². The highest BCUT2D eigenvalue weighted by Crippen LogP contribution is 2.30. The molecule has 14 heavy (non-hydrogen) atoms. The lowest BCUT2D eigenvalue weighted by molar-refractivity contribution is 1.34. The van der Waals surface area contributed by atoms with E-state index in [4.69, 9.17) is 11.5 Å². The van der Waals surface area contributed by atoms with Gasteiger partial charge in [-0.25, -0.2) is 4.99 Å². The van der Waals surface area contributed by atoms with Crippen LogP contribution in [0.15, 0.2) is 34.3 Å². The Kier molecular flexibility index (Phi) is 2.41. The van der Waals surface area contributed by atoms with Crippen LogP contribution in [-0.4, -0.2) is 11.1 Å². The van der Waals surface area contributed by atoms with E-state index in [1.165, 1.54) is 17.3 Å². The third-order valence-electron chi connectivity index (χ3n) is 1.79. The number of nitrogens with zero attached hydrogens (tertiary/aromatic N) is 2. The van der Waals surface area contributed by atoms with Gasteiger partial charge in [-0.05, 0) is 11.6 Å². The van der Waals surface area contributed by atoms with Crippen LogP contribution in [0.5, 0.6) is 0 Å². The number of hydrogen-bond acceptors (Lipinski definition) is 3. The summed E-state index contributed by atoms with van der Waals surface area (Å²) in [5.74, 6) is 0.918. The Bertz CT molecular complexity index is 407. The maximum absolute atomic E-state index is 5.28. The molecule has 1 aromatic carbocycles. The number of hydrogen-bond donors (Lipinski definition) is 2. The predicted octanol–water partition coefficient (Wildman–Crippen LogP) is 1.19. The smallest absolute Gasteiger partial charge is 0.193 e. The topological polar surface area (TPSA) is 76.8 Å². The van der Waals surface area contributed by atoms with E-state index in [9.17, 15) is 0 Å². The molecule has 1 aliphatic rings. The van der Waals surface area contributed by atoms with E-state index < -0.39 is 0 Å². The second kappa shape index (κ2) is 3.71. The average molecular weight is 206 g/mol. The minimum absolute atomic E-state index is 0.0515. The molecule has 2 rings (SSSR count). The molecule has 0 bridgehead atoms. The molecule has 1 heterocycles. The zero-order valence-corrected chi connectivity index (χ0v) is 8.29. The Labute approximate surface area is 86.1 Å². The number of aliphatic imine (C=N–C) groups is 2. The summed E-state index contributed by atoms with van der Waals surface area (Å²) in [6.07, 6.45) is 0. The minimum atomic E-state index is 0.0515. The first-order valence-electron chi connectivity index (χ1n) is 4.15. The van der Waals surface area contributed by atoms with Crippen LogP contribution < -0.4 is 11.5 Å². The summed E-state index contributed by atoms with van der Waals surface area (Å²) in [7, 11) is 0. The van der Waals surface area contributed by atoms with Crippen molar-refractivity contribution in [1.82, 2.24) is 0 Å². The highest BCUT2D eigenvalue weighted by molar-refractivity contribution is 8.13. The summed E-state index contributed by atoms with van der Waals surface area (Å²) in [5.41, 5.74) is 12.7. The number of benzene rings is 1. The molecule has 0 atom stereocenters. The van der Waals surface area contributed by atoms with Gasteiger partial charge >= 0.3 is 0 Å². The quantitative estimate of drug-likeness (QED) is 0.494. The largest absolute Gasteiger partial charge is 0.370 e. The van der Waals surface area contributed by atoms with Crippen molar-refractivity contribution in [3.8, 4) is 0 Å². The van der Waals surface area contributed by atoms with E-state index in [1.807, 2.05) is 18.2 Å². The second-order valence-electron chi connectivity index (χ2n) is 2.85. The molecule has 0 aromatic heterocycles. The molecule has 1 aliphatic heterocycles. The molecule has 1 aromatic rings. The van der Waals surface area contributed by atoms with Crippen molar-refractivity contribution in [2.45, 2.75) is 5.75 Å². The molecular weight excluding hydrogens is 196 g/mol. The van der Waals surface area contributed by atoms with Crippen LogP contribution >= 0.6 is 11.8 Å². The molecule has 5 heteroatoms. The maximum Gasteiger partial charge on any atom is 0.193 e. The monoisotopic (exact) mass is 206 g/mol. The number of para-hydroxylation sites is 1. The summed E-state index contributed by atoms with van der Waals surface area (Å²) in [5, 5.41) is 0.628. The minimum Gasteiger partial charge on any atom is -0.370 e. The number of guanidine groups is 1. The molecule has 4 N–H and O–H groups in total. The number of amidine groups is 1. The lowest BCUT2D eigenvalue weighted by Gasteiger charge is -2.11. The van der Waals surface area contributed by atoms with Crippen LogP contribution in [0, 0.1) is 0 Å². The van der Waals surface area contributed by atoms with Gasteiger partial charge < -0.3 is 11.5 Å². The molecule has 0 spiro atoms. The number of thioether (sulfide) groups is 1. The molecule has 4 nitrogen and oxygen atoms in total. The van der Waals surface area contributed by atoms with Crippen molar-refractivity contribution in [1.29, 1.82) is 0 Å². The van der Waals surface area contributed by atoms with Crippen LogP contribution in [0.25, 0.3) is 0 Å². The first-order valence-corrected chi connectivity index (χ1v) is 5.13. The summed E-state index contributed by atoms with van der Waals surface area (Å²) in [6.45, 7) is 0. The van der Waals surface area contributed by atoms with Gasteiger partial charge in [0, 0.05) is 5.75 Å². The van der Waals surface area contributed by atoms with Crippen LogP contribution in [0.4, 0.5) is 5.69 Å². The SMILES string of the molecule is NC(N)=NC1=Nc2ccccc2CS1. The first kappa shape index (κ1) is 9.08. The average Bonchev–Trinajstić information content (AvgIpc) is 2.17. The number of rotatable bonds is 0. The third-order valence-corrected chi connectivity index (χ3v) is 2.69. The van der Waals surface area contributed by atoms with E-state index in [0.29, 0.717) is 5.17 Å². The fourth-order valence-electron chi connectivity index (χ4n) is 1.19. The predicted molar refractivity (Wildman–Crippen MR) is 60.6 cm³/mol. The Morgan fingerprint density at radius 3 is 2.93 bits per heavy atom. The molecule has 0 unspecified atom stereocenters. The zero-order valence-electron chi connectivity index (χ0n) is 7.47. The van der Waals surface area contributed by atoms with Crippen molar-refractivity contribution in [3.63, 3.8) is 0 Å². The lowest BCUT2D eigenvalue weighted by Crippen LogP contribution is -2.23. The Balaban J connectivity index is 2.36. The standard InChI is InChI=1S/C9H10N4S/c10-8(11)13-9-12-7-4-2-1-3-6(7)5-14-9/h1-4H,5H2,(H4,10,11,12,13). The Morgan fingerprint density at radius 2 is 2.14 bits per heavy atom. The van der Waals surface area contributed by atoms with Gasteiger partial charge in [-0.1, -0.05) is 30.0 Å². The van der Waals surface area contributed by atoms with E-state index in [-0.39, 0.29) is 5.96 Å². The summed E-state index contributed by atoms with van der Waals surface area (Å²) < 4.78 is 0. The normalized spacial score (nSPS) is 14.1. The molecular formula is C9H10N4S. The highest BCUT2D eigenvalue weighted by atomic mass is 32.2. The van der Waals surface area contributed by atoms with Gasteiger partial charge in [0.2, 0.25) is 0 Å². The van der Waals surface area contributed by atoms with Crippen molar-refractivity contribution >= 4 is 28.6 Å². The van der Waals surface area contributed by atoms with Gasteiger partial charge in [0.25, 0.3) is 0 Å². The Morgan fingerprint density at radius 1 is 1.36 bits per heavy atom. The molecule has 0 radical (unpaired) electrons. The fourth-order valence-corrected chi connectivity index (χ4v) is 2.05. The Hall–Kier alpha value is -1.49. The number of nitrogens with two attached hydrogens (primary N) is 2. The summed E-state index contributed by atoms with van der Waals surface area (Å²) >= 11 is 1.54. The van der Waals surface area contributed by atoms with Crippen molar-refractivity contribution < 1.29 is 0 Å². The van der Waals surface area contributed by atoms with E-state index in [2.05, 4.69) is 16.1 Å². The van der Waals surface area contributed by atoms with Crippen molar-refractivity contribution in [2.24, 2.45) is 21.5 Å². The van der Waals surface area contributed by atoms with Gasteiger partial charge in [0.05, 0.1) is 5.69 Å². The lowest BCUT2D eigenvalue weighted by atomic mass is 10.2. The molecule has 0 amide bonds. The maximum atomic E-state index is 5.28. The zero-order chi connectivity index (χ0) is 9.97. The van der Waals surface area contributed by atoms with Crippen LogP contribution in [-0.2, 0) is 5.75 Å². The van der Waals surface area contributed by atoms with E-state index in [1.54, 1.807) is 0 Å². The summed E-state index contributed by atoms with van der Waals surface area (Å²) in [6, 6.07) is 7.96. The van der Waals surface area contributed by atoms with E-state index in [0.717, 1.165) is 11.4 Å². The highest BCUT2D eigenvalue weighted by Gasteiger charge is 2.10. The molecule has 0 saturated carbocycles. The number of fused-ring (bicyclic) bond motifs is 1. The molecule has 72 valence electrons. The van der Waals surface area contributed by atoms with Gasteiger partial charge in [-0.15, -0.1) is 0 Å². The summed E-state index contributed by atoms with van der Waals surface area (Å²) in [4.78, 5) is 8.24. The molecule has 0 fully saturated rings. The molecule has 0 aliphatic carbocycles. The van der Waals surface area contributed by atoms with Gasteiger partial charge in [-0.3, -0.25) is 0 Å². The first-order chi connectivity index (χ1) is 6.75.